The van der Waals surface area contributed by atoms with Crippen molar-refractivity contribution < 1.29 is 127 Å². The Bertz CT molecular complexity index is 799. The second-order valence-corrected chi connectivity index (χ2v) is 8.17. The fraction of sp³-hybridized carbons (Fsp3) is 0. The summed E-state index contributed by atoms with van der Waals surface area (Å²) in [7, 11) is -28.0. The molecule has 0 heterocycles. The maximum atomic E-state index is 8.74. The standard InChI is InChI=1S/2Al.6H2NO3S.3Ni/c;;6*1-5(2,3)4;;;/h;;6*(H2-,1,2,3,4);;;/q2*+3;6*-1;3*+2/p-6. The van der Waals surface area contributed by atoms with Crippen molar-refractivity contribution >= 4 is 96.5 Å². The maximum Gasteiger partial charge on any atom is 3.00 e. The van der Waals surface area contributed by atoms with Crippen molar-refractivity contribution in [3.05, 3.63) is 30.8 Å². The van der Waals surface area contributed by atoms with Gasteiger partial charge in [-0.25, -0.2) is 0 Å². The molecule has 0 bridgehead atoms. The van der Waals surface area contributed by atoms with E-state index in [1.54, 1.807) is 0 Å². The Morgan fingerprint density at radius 1 is 0.286 bits per heavy atom. The second-order valence-electron chi connectivity index (χ2n) is 2.72. The summed E-state index contributed by atoms with van der Waals surface area (Å²) >= 11 is 0. The molecule has 0 aromatic carbocycles. The van der Waals surface area contributed by atoms with E-state index in [9.17, 15) is 0 Å². The van der Waals surface area contributed by atoms with Crippen LogP contribution in [0.1, 0.15) is 0 Å². The van der Waals surface area contributed by atoms with E-state index in [1.807, 2.05) is 0 Å². The molecule has 0 aliphatic rings. The molecule has 24 nitrogen and oxygen atoms in total. The minimum atomic E-state index is -4.67. The molecule has 0 spiro atoms. The molecule has 6 N–H and O–H groups in total. The predicted molar refractivity (Wildman–Crippen MR) is 95.6 cm³/mol. The van der Waals surface area contributed by atoms with Gasteiger partial charge in [0.05, 0.1) is 0 Å². The molecule has 0 aliphatic heterocycles. The molecule has 35 heteroatoms. The van der Waals surface area contributed by atoms with E-state index in [2.05, 4.69) is 0 Å². The van der Waals surface area contributed by atoms with Crippen molar-refractivity contribution in [3.8, 4) is 0 Å². The van der Waals surface area contributed by atoms with Crippen LogP contribution in [0, 0.1) is 0 Å². The third-order valence-corrected chi connectivity index (χ3v) is 0. The number of rotatable bonds is 0. The van der Waals surface area contributed by atoms with Crippen molar-refractivity contribution in [3.63, 3.8) is 0 Å². The maximum absolute atomic E-state index is 8.74. The molecule has 0 unspecified atom stereocenters. The molecule has 0 aliphatic carbocycles. The van der Waals surface area contributed by atoms with E-state index in [0.717, 1.165) is 0 Å². The first-order valence-electron chi connectivity index (χ1n) is 4.22. The van der Waals surface area contributed by atoms with E-state index < -0.39 is 61.8 Å². The summed E-state index contributed by atoms with van der Waals surface area (Å²) in [6, 6.07) is 0. The first-order chi connectivity index (χ1) is 12.0. The minimum absolute atomic E-state index is 0. The Kier molecular flexibility index (Phi) is 61.3. The van der Waals surface area contributed by atoms with Gasteiger partial charge in [0.25, 0.3) is 0 Å². The summed E-state index contributed by atoms with van der Waals surface area (Å²) in [5, 5.41) is 32.1. The monoisotopic (exact) mass is 798 g/mol. The summed E-state index contributed by atoms with van der Waals surface area (Å²) < 4.78 is 157. The molecule has 0 rings (SSSR count). The molecule has 0 radical (unpaired) electrons. The Morgan fingerprint density at radius 2 is 0.286 bits per heavy atom. The van der Waals surface area contributed by atoms with Crippen LogP contribution in [0.3, 0.4) is 0 Å². The minimum Gasteiger partial charge on any atom is -0.764 e. The van der Waals surface area contributed by atoms with Gasteiger partial charge in [-0.15, -0.1) is 0 Å². The number of nitrogens with one attached hydrogen (secondary N) is 6. The fourth-order valence-electron chi connectivity index (χ4n) is 0. The van der Waals surface area contributed by atoms with Crippen LogP contribution < -0.4 is 0 Å². The molecule has 35 heavy (non-hydrogen) atoms. The van der Waals surface area contributed by atoms with Crippen LogP contribution >= 0.6 is 0 Å². The van der Waals surface area contributed by atoms with E-state index in [1.165, 1.54) is 0 Å². The van der Waals surface area contributed by atoms with Gasteiger partial charge in [-0.1, -0.05) is 0 Å². The summed E-state index contributed by atoms with van der Waals surface area (Å²) in [5.74, 6) is 0. The van der Waals surface area contributed by atoms with Gasteiger partial charge in [0.1, 0.15) is 0 Å². The van der Waals surface area contributed by atoms with E-state index in [0.29, 0.717) is 0 Å². The van der Waals surface area contributed by atoms with Crippen LogP contribution in [0.25, 0.3) is 30.8 Å². The summed E-state index contributed by atoms with van der Waals surface area (Å²) in [6.45, 7) is 0. The zero-order valence-corrected chi connectivity index (χ0v) is 25.1. The molecule has 0 aromatic heterocycles. The van der Waals surface area contributed by atoms with Crippen LogP contribution in [0.2, 0.25) is 0 Å². The van der Waals surface area contributed by atoms with Crippen LogP contribution in [0.4, 0.5) is 0 Å². The normalized spacial score (nSPS) is 9.94. The van der Waals surface area contributed by atoms with E-state index in [-0.39, 0.29) is 84.2 Å². The molecule has 0 saturated carbocycles. The average Bonchev–Trinajstić information content (AvgIpc) is 1.94. The smallest absolute Gasteiger partial charge is 0.764 e. The molecular formula is H6Al2N6Ni3O18S6. The van der Waals surface area contributed by atoms with E-state index in [4.69, 9.17) is 109 Å². The zero-order valence-electron chi connectivity index (χ0n) is 14.9. The first kappa shape index (κ1) is 70.8. The van der Waals surface area contributed by atoms with Gasteiger partial charge in [-0.2, -0.15) is 0 Å². The Morgan fingerprint density at radius 3 is 0.286 bits per heavy atom. The van der Waals surface area contributed by atoms with Gasteiger partial charge in [0.15, 0.2) is 0 Å². The third kappa shape index (κ3) is 13100. The van der Waals surface area contributed by atoms with Gasteiger partial charge < -0.3 is 58.2 Å². The van der Waals surface area contributed by atoms with Crippen LogP contribution in [0.5, 0.6) is 0 Å². The molecule has 0 amide bonds. The predicted octanol–water partition coefficient (Wildman–Crippen LogP) is -3.78. The largest absolute Gasteiger partial charge is 3.00 e. The van der Waals surface area contributed by atoms with E-state index >= 15 is 0 Å². The fourth-order valence-corrected chi connectivity index (χ4v) is 0. The second kappa shape index (κ2) is 30.3. The van der Waals surface area contributed by atoms with Crippen molar-refractivity contribution in [2.75, 3.05) is 0 Å². The van der Waals surface area contributed by atoms with Crippen molar-refractivity contribution in [2.45, 2.75) is 0 Å². The van der Waals surface area contributed by atoms with Crippen LogP contribution in [0.15, 0.2) is 0 Å². The van der Waals surface area contributed by atoms with Crippen molar-refractivity contribution in [1.82, 2.24) is 0 Å². The molecular weight excluding hydrogens is 794 g/mol. The van der Waals surface area contributed by atoms with Gasteiger partial charge in [-0.05, 0) is 0 Å². The van der Waals surface area contributed by atoms with Crippen LogP contribution in [-0.2, 0) is 111 Å². The zero-order chi connectivity index (χ0) is 27.0. The summed E-state index contributed by atoms with van der Waals surface area (Å²) in [5.41, 5.74) is 0. The van der Waals surface area contributed by atoms with Gasteiger partial charge in [-0.3, -0.25) is 50.5 Å². The summed E-state index contributed by atoms with van der Waals surface area (Å²) in [6.07, 6.45) is 0. The average molecular weight is 801 g/mol. The quantitative estimate of drug-likeness (QED) is 0.167. The Hall–Kier alpha value is 1.77. The van der Waals surface area contributed by atoms with Crippen molar-refractivity contribution in [1.29, 1.82) is 0 Å². The molecule has 0 fully saturated rings. The SMILES string of the molecule is [Al+3].[Al+3].[NH-]S(=O)(=O)[O-].[NH-]S(=O)(=O)[O-].[NH-]S(=O)(=O)[O-].[NH-]S(=O)(=O)[O-].[NH-]S(=O)(=O)[O-].[NH-]S(=O)(=O)[O-].[Ni+2].[Ni+2].[Ni+2]. The number of hydrogen-bond donors (Lipinski definition) is 0. The molecule has 0 saturated heterocycles. The van der Waals surface area contributed by atoms with Crippen LogP contribution in [-0.4, -0.2) is 113 Å². The van der Waals surface area contributed by atoms with Gasteiger partial charge in [0, 0.05) is 61.8 Å². The topological polar surface area (TPSA) is 486 Å². The molecule has 216 valence electrons. The van der Waals surface area contributed by atoms with Gasteiger partial charge in [0.2, 0.25) is 0 Å². The third-order valence-electron chi connectivity index (χ3n) is 0. The Labute approximate surface area is 252 Å². The molecule has 0 atom stereocenters. The molecule has 0 aromatic rings. The first-order valence-corrected chi connectivity index (χ1v) is 12.7. The Balaban J connectivity index is -0.0000000213. The van der Waals surface area contributed by atoms with Gasteiger partial charge >= 0.3 is 84.2 Å². The number of hydrogen-bond acceptors (Lipinski definition) is 18. The summed E-state index contributed by atoms with van der Waals surface area (Å²) in [4.78, 5) is 0. The van der Waals surface area contributed by atoms with Crippen molar-refractivity contribution in [2.24, 2.45) is 0 Å².